The topological polar surface area (TPSA) is 9.23 Å². The lowest BCUT2D eigenvalue weighted by atomic mass is 9.91. The van der Waals surface area contributed by atoms with Crippen molar-refractivity contribution in [2.75, 3.05) is 7.11 Å². The predicted molar refractivity (Wildman–Crippen MR) is 96.3 cm³/mol. The molecule has 0 aromatic heterocycles. The highest BCUT2D eigenvalue weighted by Crippen LogP contribution is 2.32. The first kappa shape index (κ1) is 17.3. The Hall–Kier alpha value is -2.09. The Morgan fingerprint density at radius 1 is 1.04 bits per heavy atom. The highest BCUT2D eigenvalue weighted by molar-refractivity contribution is 5.77. The molecule has 23 heavy (non-hydrogen) atoms. The molecule has 0 saturated carbocycles. The Labute approximate surface area is 138 Å². The number of ether oxygens (including phenoxy) is 1. The molecule has 122 valence electrons. The summed E-state index contributed by atoms with van der Waals surface area (Å²) >= 11 is 0. The lowest BCUT2D eigenvalue weighted by molar-refractivity contribution is 0.414. The summed E-state index contributed by atoms with van der Waals surface area (Å²) in [5.41, 5.74) is 3.81. The highest BCUT2D eigenvalue weighted by atomic mass is 19.1. The molecule has 0 saturated heterocycles. The second kappa shape index (κ2) is 6.99. The minimum absolute atomic E-state index is 0.0758. The third-order valence-corrected chi connectivity index (χ3v) is 3.75. The van der Waals surface area contributed by atoms with Crippen LogP contribution in [0.25, 0.3) is 17.2 Å². The van der Waals surface area contributed by atoms with Gasteiger partial charge >= 0.3 is 0 Å². The van der Waals surface area contributed by atoms with Crippen molar-refractivity contribution in [1.82, 2.24) is 0 Å². The van der Waals surface area contributed by atoms with Gasteiger partial charge in [-0.2, -0.15) is 0 Å². The second-order valence-corrected chi connectivity index (χ2v) is 6.82. The fourth-order valence-electron chi connectivity index (χ4n) is 2.39. The number of rotatable bonds is 4. The zero-order valence-electron chi connectivity index (χ0n) is 14.6. The highest BCUT2D eigenvalue weighted by Gasteiger charge is 2.12. The van der Waals surface area contributed by atoms with Crippen LogP contribution >= 0.6 is 0 Å². The van der Waals surface area contributed by atoms with E-state index in [0.29, 0.717) is 11.3 Å². The SMILES string of the molecule is CCc1ccc(-c2cc(OC)ccc2F)c(/C=C/C(C)(C)C)c1. The predicted octanol–water partition coefficient (Wildman–Crippen LogP) is 6.12. The summed E-state index contributed by atoms with van der Waals surface area (Å²) in [6, 6.07) is 11.0. The van der Waals surface area contributed by atoms with Gasteiger partial charge in [-0.1, -0.05) is 58.0 Å². The van der Waals surface area contributed by atoms with E-state index < -0.39 is 0 Å². The Bertz CT molecular complexity index is 708. The quantitative estimate of drug-likeness (QED) is 0.660. The maximum Gasteiger partial charge on any atom is 0.131 e. The first-order valence-corrected chi connectivity index (χ1v) is 8.00. The van der Waals surface area contributed by atoms with Crippen molar-refractivity contribution in [3.8, 4) is 16.9 Å². The van der Waals surface area contributed by atoms with Gasteiger partial charge in [-0.15, -0.1) is 0 Å². The number of aryl methyl sites for hydroxylation is 1. The maximum absolute atomic E-state index is 14.3. The fourth-order valence-corrected chi connectivity index (χ4v) is 2.39. The maximum atomic E-state index is 14.3. The van der Waals surface area contributed by atoms with E-state index >= 15 is 0 Å². The molecule has 0 radical (unpaired) electrons. The van der Waals surface area contributed by atoms with Crippen LogP contribution in [0.5, 0.6) is 5.75 Å². The van der Waals surface area contributed by atoms with Crippen LogP contribution in [0.3, 0.4) is 0 Å². The number of benzene rings is 2. The lowest BCUT2D eigenvalue weighted by Gasteiger charge is -2.14. The van der Waals surface area contributed by atoms with Gasteiger partial charge in [-0.25, -0.2) is 4.39 Å². The van der Waals surface area contributed by atoms with E-state index in [0.717, 1.165) is 17.5 Å². The molecular formula is C21H25FO. The molecule has 0 aliphatic carbocycles. The van der Waals surface area contributed by atoms with Gasteiger partial charge < -0.3 is 4.74 Å². The smallest absolute Gasteiger partial charge is 0.131 e. The molecule has 0 fully saturated rings. The van der Waals surface area contributed by atoms with Crippen LogP contribution in [-0.2, 0) is 6.42 Å². The molecule has 0 unspecified atom stereocenters. The zero-order valence-corrected chi connectivity index (χ0v) is 14.6. The van der Waals surface area contributed by atoms with Gasteiger partial charge in [-0.3, -0.25) is 0 Å². The Balaban J connectivity index is 2.60. The largest absolute Gasteiger partial charge is 0.497 e. The van der Waals surface area contributed by atoms with E-state index in [-0.39, 0.29) is 11.2 Å². The van der Waals surface area contributed by atoms with Crippen molar-refractivity contribution in [3.63, 3.8) is 0 Å². The molecule has 1 nitrogen and oxygen atoms in total. The standard InChI is InChI=1S/C21H25FO/c1-6-15-7-9-18(16(13-15)11-12-21(2,3)4)19-14-17(23-5)8-10-20(19)22/h7-14H,6H2,1-5H3/b12-11+. The fraction of sp³-hybridized carbons (Fsp3) is 0.333. The second-order valence-electron chi connectivity index (χ2n) is 6.82. The summed E-state index contributed by atoms with van der Waals surface area (Å²) in [6.45, 7) is 8.58. The summed E-state index contributed by atoms with van der Waals surface area (Å²) in [5, 5.41) is 0. The van der Waals surface area contributed by atoms with Crippen LogP contribution in [0.15, 0.2) is 42.5 Å². The van der Waals surface area contributed by atoms with Crippen molar-refractivity contribution in [3.05, 3.63) is 59.4 Å². The lowest BCUT2D eigenvalue weighted by Crippen LogP contribution is -1.99. The van der Waals surface area contributed by atoms with E-state index in [1.807, 2.05) is 6.07 Å². The monoisotopic (exact) mass is 312 g/mol. The van der Waals surface area contributed by atoms with Gasteiger partial charge in [0, 0.05) is 5.56 Å². The molecule has 0 aliphatic heterocycles. The minimum atomic E-state index is -0.236. The van der Waals surface area contributed by atoms with Gasteiger partial charge in [0.15, 0.2) is 0 Å². The third-order valence-electron chi connectivity index (χ3n) is 3.75. The Kier molecular flexibility index (Phi) is 5.25. The summed E-state index contributed by atoms with van der Waals surface area (Å²) in [7, 11) is 1.59. The van der Waals surface area contributed by atoms with Gasteiger partial charge in [0.1, 0.15) is 11.6 Å². The molecule has 0 aliphatic rings. The van der Waals surface area contributed by atoms with Crippen LogP contribution in [0.4, 0.5) is 4.39 Å². The number of allylic oxidation sites excluding steroid dienone is 1. The number of methoxy groups -OCH3 is 1. The molecule has 2 heteroatoms. The van der Waals surface area contributed by atoms with E-state index in [9.17, 15) is 4.39 Å². The number of hydrogen-bond acceptors (Lipinski definition) is 1. The van der Waals surface area contributed by atoms with Crippen molar-refractivity contribution in [2.24, 2.45) is 5.41 Å². The van der Waals surface area contributed by atoms with Crippen LogP contribution in [0, 0.1) is 11.2 Å². The van der Waals surface area contributed by atoms with E-state index in [2.05, 4.69) is 52.0 Å². The molecule has 0 N–H and O–H groups in total. The van der Waals surface area contributed by atoms with Crippen LogP contribution in [-0.4, -0.2) is 7.11 Å². The van der Waals surface area contributed by atoms with Crippen molar-refractivity contribution < 1.29 is 9.13 Å². The summed E-state index contributed by atoms with van der Waals surface area (Å²) < 4.78 is 19.6. The van der Waals surface area contributed by atoms with Gasteiger partial charge in [0.25, 0.3) is 0 Å². The number of hydrogen-bond donors (Lipinski definition) is 0. The van der Waals surface area contributed by atoms with Gasteiger partial charge in [-0.05, 0) is 46.7 Å². The third kappa shape index (κ3) is 4.44. The molecule has 0 amide bonds. The van der Waals surface area contributed by atoms with Crippen LogP contribution in [0.1, 0.15) is 38.8 Å². The molecule has 0 heterocycles. The molecule has 0 bridgehead atoms. The van der Waals surface area contributed by atoms with Crippen molar-refractivity contribution in [2.45, 2.75) is 34.1 Å². The molecule has 2 aromatic carbocycles. The molecule has 2 rings (SSSR count). The molecule has 0 atom stereocenters. The molecular weight excluding hydrogens is 287 g/mol. The van der Waals surface area contributed by atoms with Crippen LogP contribution in [0.2, 0.25) is 0 Å². The summed E-state index contributed by atoms with van der Waals surface area (Å²) in [4.78, 5) is 0. The van der Waals surface area contributed by atoms with Crippen LogP contribution < -0.4 is 4.74 Å². The minimum Gasteiger partial charge on any atom is -0.497 e. The van der Waals surface area contributed by atoms with Gasteiger partial charge in [0.2, 0.25) is 0 Å². The summed E-state index contributed by atoms with van der Waals surface area (Å²) in [5.74, 6) is 0.423. The summed E-state index contributed by atoms with van der Waals surface area (Å²) in [6.07, 6.45) is 5.20. The van der Waals surface area contributed by atoms with E-state index in [1.165, 1.54) is 11.6 Å². The molecule has 0 spiro atoms. The Morgan fingerprint density at radius 3 is 2.39 bits per heavy atom. The van der Waals surface area contributed by atoms with Gasteiger partial charge in [0.05, 0.1) is 7.11 Å². The van der Waals surface area contributed by atoms with Crippen molar-refractivity contribution in [1.29, 1.82) is 0 Å². The zero-order chi connectivity index (χ0) is 17.0. The first-order valence-electron chi connectivity index (χ1n) is 8.00. The normalized spacial score (nSPS) is 11.9. The number of halogens is 1. The van der Waals surface area contributed by atoms with Crippen molar-refractivity contribution >= 4 is 6.08 Å². The average molecular weight is 312 g/mol. The van der Waals surface area contributed by atoms with E-state index in [4.69, 9.17) is 4.74 Å². The van der Waals surface area contributed by atoms with E-state index in [1.54, 1.807) is 19.2 Å². The Morgan fingerprint density at radius 2 is 1.78 bits per heavy atom. The average Bonchev–Trinajstić information content (AvgIpc) is 2.52. The first-order chi connectivity index (χ1) is 10.8. The molecule has 2 aromatic rings.